The SMILES string of the molecule is CCCCC[CH]C(=O)C(F)(F)F. The Morgan fingerprint density at radius 2 is 1.92 bits per heavy atom. The lowest BCUT2D eigenvalue weighted by atomic mass is 10.1. The number of hydrogen-bond acceptors (Lipinski definition) is 1. The molecule has 0 aromatic carbocycles. The van der Waals surface area contributed by atoms with Gasteiger partial charge in [0.25, 0.3) is 0 Å². The first kappa shape index (κ1) is 11.5. The average molecular weight is 181 g/mol. The molecule has 0 bridgehead atoms. The molecule has 0 rings (SSSR count). The molecule has 0 saturated carbocycles. The summed E-state index contributed by atoms with van der Waals surface area (Å²) >= 11 is 0. The molecule has 4 heteroatoms. The van der Waals surface area contributed by atoms with E-state index in [0.717, 1.165) is 19.3 Å². The molecular weight excluding hydrogens is 169 g/mol. The van der Waals surface area contributed by atoms with E-state index < -0.39 is 12.0 Å². The summed E-state index contributed by atoms with van der Waals surface area (Å²) in [6, 6.07) is 0. The smallest absolute Gasteiger partial charge is 0.289 e. The fourth-order valence-corrected chi connectivity index (χ4v) is 0.743. The predicted molar refractivity (Wildman–Crippen MR) is 39.5 cm³/mol. The molecule has 0 spiro atoms. The zero-order valence-corrected chi connectivity index (χ0v) is 6.95. The fourth-order valence-electron chi connectivity index (χ4n) is 0.743. The summed E-state index contributed by atoms with van der Waals surface area (Å²) in [5, 5.41) is 0. The van der Waals surface area contributed by atoms with Crippen molar-refractivity contribution in [3.8, 4) is 0 Å². The van der Waals surface area contributed by atoms with E-state index in [9.17, 15) is 18.0 Å². The maximum absolute atomic E-state index is 11.6. The van der Waals surface area contributed by atoms with Crippen molar-refractivity contribution in [3.05, 3.63) is 6.42 Å². The third-order valence-corrected chi connectivity index (χ3v) is 1.42. The maximum atomic E-state index is 11.6. The first-order valence-corrected chi connectivity index (χ1v) is 3.93. The van der Waals surface area contributed by atoms with Crippen LogP contribution in [0.4, 0.5) is 13.2 Å². The standard InChI is InChI=1S/C8H12F3O/c1-2-3-4-5-6-7(12)8(9,10)11/h6H,2-5H2,1H3. The van der Waals surface area contributed by atoms with Crippen molar-refractivity contribution >= 4 is 5.78 Å². The van der Waals surface area contributed by atoms with Crippen LogP contribution in [0.15, 0.2) is 0 Å². The number of rotatable bonds is 5. The van der Waals surface area contributed by atoms with Gasteiger partial charge in [0.05, 0.1) is 0 Å². The number of carbonyl (C=O) groups is 1. The van der Waals surface area contributed by atoms with Gasteiger partial charge in [-0.15, -0.1) is 0 Å². The highest BCUT2D eigenvalue weighted by Crippen LogP contribution is 2.18. The van der Waals surface area contributed by atoms with Crippen molar-refractivity contribution in [2.45, 2.75) is 38.8 Å². The van der Waals surface area contributed by atoms with Crippen molar-refractivity contribution < 1.29 is 18.0 Å². The number of unbranched alkanes of at least 4 members (excludes halogenated alkanes) is 3. The Labute approximate surface area is 70.0 Å². The second-order valence-corrected chi connectivity index (χ2v) is 2.56. The van der Waals surface area contributed by atoms with Gasteiger partial charge in [0.1, 0.15) is 0 Å². The second kappa shape index (κ2) is 5.17. The Bertz CT molecular complexity index is 140. The summed E-state index contributed by atoms with van der Waals surface area (Å²) in [6.07, 6.45) is -1.29. The number of halogens is 3. The summed E-state index contributed by atoms with van der Waals surface area (Å²) in [5.41, 5.74) is 0. The highest BCUT2D eigenvalue weighted by atomic mass is 19.4. The Balaban J connectivity index is 3.45. The number of alkyl halides is 3. The van der Waals surface area contributed by atoms with E-state index in [1.807, 2.05) is 6.92 Å². The lowest BCUT2D eigenvalue weighted by Crippen LogP contribution is -2.22. The molecule has 1 radical (unpaired) electrons. The number of Topliss-reactive ketones (excluding diaryl/α,β-unsaturated/α-hetero) is 1. The molecule has 1 nitrogen and oxygen atoms in total. The molecule has 0 fully saturated rings. The van der Waals surface area contributed by atoms with Gasteiger partial charge in [-0.1, -0.05) is 26.2 Å². The molecule has 0 unspecified atom stereocenters. The van der Waals surface area contributed by atoms with Gasteiger partial charge < -0.3 is 0 Å². The summed E-state index contributed by atoms with van der Waals surface area (Å²) < 4.78 is 34.7. The van der Waals surface area contributed by atoms with Gasteiger partial charge >= 0.3 is 6.18 Å². The molecule has 0 aromatic rings. The molecule has 71 valence electrons. The van der Waals surface area contributed by atoms with E-state index in [1.54, 1.807) is 0 Å². The molecule has 0 aliphatic rings. The van der Waals surface area contributed by atoms with Crippen molar-refractivity contribution in [2.75, 3.05) is 0 Å². The minimum atomic E-state index is -4.69. The molecule has 0 atom stereocenters. The lowest BCUT2D eigenvalue weighted by molar-refractivity contribution is -0.167. The molecule has 0 aliphatic carbocycles. The molecule has 0 amide bonds. The fraction of sp³-hybridized carbons (Fsp3) is 0.750. The Kier molecular flexibility index (Phi) is 4.93. The van der Waals surface area contributed by atoms with Crippen LogP contribution in [0, 0.1) is 6.42 Å². The van der Waals surface area contributed by atoms with E-state index in [4.69, 9.17) is 0 Å². The zero-order valence-electron chi connectivity index (χ0n) is 6.95. The van der Waals surface area contributed by atoms with E-state index >= 15 is 0 Å². The van der Waals surface area contributed by atoms with E-state index in [0.29, 0.717) is 6.42 Å². The van der Waals surface area contributed by atoms with Gasteiger partial charge in [0, 0.05) is 6.42 Å². The van der Waals surface area contributed by atoms with Gasteiger partial charge in [-0.3, -0.25) is 4.79 Å². The van der Waals surface area contributed by atoms with Crippen molar-refractivity contribution in [1.29, 1.82) is 0 Å². The molecular formula is C8H12F3O. The average Bonchev–Trinajstić information content (AvgIpc) is 1.96. The molecule has 0 heterocycles. The second-order valence-electron chi connectivity index (χ2n) is 2.56. The first-order chi connectivity index (χ1) is 5.48. The van der Waals surface area contributed by atoms with Gasteiger partial charge in [0.15, 0.2) is 0 Å². The van der Waals surface area contributed by atoms with Crippen LogP contribution in [-0.4, -0.2) is 12.0 Å². The van der Waals surface area contributed by atoms with Crippen LogP contribution in [0.2, 0.25) is 0 Å². The number of carbonyl (C=O) groups excluding carboxylic acids is 1. The quantitative estimate of drug-likeness (QED) is 0.596. The van der Waals surface area contributed by atoms with Crippen LogP contribution in [0.25, 0.3) is 0 Å². The lowest BCUT2D eigenvalue weighted by Gasteiger charge is -2.03. The molecule has 12 heavy (non-hydrogen) atoms. The zero-order chi connectivity index (χ0) is 9.61. The van der Waals surface area contributed by atoms with Gasteiger partial charge in [0.2, 0.25) is 5.78 Å². The topological polar surface area (TPSA) is 17.1 Å². The van der Waals surface area contributed by atoms with Crippen LogP contribution in [0.3, 0.4) is 0 Å². The van der Waals surface area contributed by atoms with Crippen molar-refractivity contribution in [2.24, 2.45) is 0 Å². The van der Waals surface area contributed by atoms with Crippen molar-refractivity contribution in [1.82, 2.24) is 0 Å². The van der Waals surface area contributed by atoms with Crippen LogP contribution < -0.4 is 0 Å². The number of hydrogen-bond donors (Lipinski definition) is 0. The van der Waals surface area contributed by atoms with E-state index in [1.165, 1.54) is 0 Å². The molecule has 0 aliphatic heterocycles. The summed E-state index contributed by atoms with van der Waals surface area (Å²) in [4.78, 5) is 10.2. The Morgan fingerprint density at radius 1 is 1.33 bits per heavy atom. The van der Waals surface area contributed by atoms with Gasteiger partial charge in [-0.25, -0.2) is 0 Å². The molecule has 0 saturated heterocycles. The minimum absolute atomic E-state index is 0.228. The Hall–Kier alpha value is -0.540. The van der Waals surface area contributed by atoms with Crippen LogP contribution in [0.5, 0.6) is 0 Å². The maximum Gasteiger partial charge on any atom is 0.450 e. The minimum Gasteiger partial charge on any atom is -0.289 e. The monoisotopic (exact) mass is 181 g/mol. The van der Waals surface area contributed by atoms with Crippen LogP contribution in [0.1, 0.15) is 32.6 Å². The molecule has 0 aromatic heterocycles. The predicted octanol–water partition coefficient (Wildman–Crippen LogP) is 2.90. The van der Waals surface area contributed by atoms with E-state index in [2.05, 4.69) is 0 Å². The van der Waals surface area contributed by atoms with Gasteiger partial charge in [-0.05, 0) is 6.42 Å². The summed E-state index contributed by atoms with van der Waals surface area (Å²) in [6.45, 7) is 1.95. The summed E-state index contributed by atoms with van der Waals surface area (Å²) in [7, 11) is 0. The van der Waals surface area contributed by atoms with Crippen molar-refractivity contribution in [3.63, 3.8) is 0 Å². The van der Waals surface area contributed by atoms with E-state index in [-0.39, 0.29) is 6.42 Å². The third kappa shape index (κ3) is 5.16. The number of ketones is 1. The molecule has 0 N–H and O–H groups in total. The highest BCUT2D eigenvalue weighted by Gasteiger charge is 2.37. The highest BCUT2D eigenvalue weighted by molar-refractivity contribution is 5.91. The first-order valence-electron chi connectivity index (χ1n) is 3.93. The summed E-state index contributed by atoms with van der Waals surface area (Å²) in [5.74, 6) is -1.72. The largest absolute Gasteiger partial charge is 0.450 e. The van der Waals surface area contributed by atoms with Gasteiger partial charge in [-0.2, -0.15) is 13.2 Å². The Morgan fingerprint density at radius 3 is 2.33 bits per heavy atom. The third-order valence-electron chi connectivity index (χ3n) is 1.42. The van der Waals surface area contributed by atoms with Crippen LogP contribution in [-0.2, 0) is 4.79 Å². The normalized spacial score (nSPS) is 11.7. The van der Waals surface area contributed by atoms with Crippen LogP contribution >= 0.6 is 0 Å².